The second-order valence-electron chi connectivity index (χ2n) is 5.75. The number of amides is 1. The Bertz CT molecular complexity index is 638. The van der Waals surface area contributed by atoms with Gasteiger partial charge in [0.1, 0.15) is 0 Å². The summed E-state index contributed by atoms with van der Waals surface area (Å²) in [5.41, 5.74) is 0.717. The summed E-state index contributed by atoms with van der Waals surface area (Å²) < 4.78 is 0. The number of carbonyl (C=O) groups excluding carboxylic acids is 1. The molecule has 0 aliphatic carbocycles. The second-order valence-corrected chi connectivity index (χ2v) is 5.75. The highest BCUT2D eigenvalue weighted by atomic mass is 16.3. The number of carbonyl (C=O) groups is 1. The molecule has 3 heteroatoms. The molecule has 1 amide bonds. The van der Waals surface area contributed by atoms with Crippen molar-refractivity contribution in [1.29, 1.82) is 0 Å². The first kappa shape index (κ1) is 14.1. The van der Waals surface area contributed by atoms with Gasteiger partial charge >= 0.3 is 0 Å². The summed E-state index contributed by atoms with van der Waals surface area (Å²) in [7, 11) is 0. The molecule has 21 heavy (non-hydrogen) atoms. The van der Waals surface area contributed by atoms with E-state index in [0.717, 1.165) is 43.0 Å². The smallest absolute Gasteiger partial charge is 0.254 e. The minimum atomic E-state index is -0.0357. The van der Waals surface area contributed by atoms with Crippen molar-refractivity contribution in [2.45, 2.75) is 31.7 Å². The third-order valence-electron chi connectivity index (χ3n) is 4.35. The summed E-state index contributed by atoms with van der Waals surface area (Å²) >= 11 is 0. The average molecular weight is 283 g/mol. The van der Waals surface area contributed by atoms with Crippen molar-refractivity contribution in [1.82, 2.24) is 4.90 Å². The standard InChI is InChI=1S/C18H21NO2/c20-13-17-8-2-1-5-11-19(17)18(21)16-10-9-14-6-3-4-7-15(14)12-16/h3-4,6-7,9-10,12,17,20H,1-2,5,8,11,13H2. The summed E-state index contributed by atoms with van der Waals surface area (Å²) in [5.74, 6) is 0.0432. The van der Waals surface area contributed by atoms with E-state index >= 15 is 0 Å². The lowest BCUT2D eigenvalue weighted by Crippen LogP contribution is -2.42. The molecule has 1 fully saturated rings. The van der Waals surface area contributed by atoms with Gasteiger partial charge in [0.05, 0.1) is 12.6 Å². The molecule has 0 spiro atoms. The largest absolute Gasteiger partial charge is 0.394 e. The van der Waals surface area contributed by atoms with E-state index in [0.29, 0.717) is 5.56 Å². The summed E-state index contributed by atoms with van der Waals surface area (Å²) in [6.45, 7) is 0.802. The molecule has 0 aromatic heterocycles. The fraction of sp³-hybridized carbons (Fsp3) is 0.389. The highest BCUT2D eigenvalue weighted by Gasteiger charge is 2.25. The Morgan fingerprint density at radius 3 is 2.71 bits per heavy atom. The molecule has 1 aliphatic heterocycles. The van der Waals surface area contributed by atoms with Crippen LogP contribution in [0.4, 0.5) is 0 Å². The maximum Gasteiger partial charge on any atom is 0.254 e. The minimum absolute atomic E-state index is 0.0357. The molecule has 1 saturated heterocycles. The van der Waals surface area contributed by atoms with Crippen molar-refractivity contribution in [2.24, 2.45) is 0 Å². The minimum Gasteiger partial charge on any atom is -0.394 e. The van der Waals surface area contributed by atoms with Crippen molar-refractivity contribution in [2.75, 3.05) is 13.2 Å². The molecular formula is C18H21NO2. The second kappa shape index (κ2) is 6.27. The molecule has 1 N–H and O–H groups in total. The topological polar surface area (TPSA) is 40.5 Å². The lowest BCUT2D eigenvalue weighted by Gasteiger charge is -2.28. The van der Waals surface area contributed by atoms with Gasteiger partial charge in [0.15, 0.2) is 0 Å². The van der Waals surface area contributed by atoms with Crippen LogP contribution >= 0.6 is 0 Å². The Labute approximate surface area is 125 Å². The van der Waals surface area contributed by atoms with Crippen LogP contribution in [0.15, 0.2) is 42.5 Å². The van der Waals surface area contributed by atoms with Crippen LogP contribution in [0.2, 0.25) is 0 Å². The van der Waals surface area contributed by atoms with Crippen molar-refractivity contribution in [3.05, 3.63) is 48.0 Å². The van der Waals surface area contributed by atoms with Gasteiger partial charge in [0.2, 0.25) is 0 Å². The highest BCUT2D eigenvalue weighted by molar-refractivity contribution is 5.98. The molecular weight excluding hydrogens is 262 g/mol. The molecule has 0 saturated carbocycles. The maximum atomic E-state index is 12.8. The molecule has 1 heterocycles. The molecule has 1 aliphatic rings. The first-order chi connectivity index (χ1) is 10.3. The van der Waals surface area contributed by atoms with E-state index in [1.807, 2.05) is 47.4 Å². The van der Waals surface area contributed by atoms with E-state index in [9.17, 15) is 9.90 Å². The summed E-state index contributed by atoms with van der Waals surface area (Å²) in [6, 6.07) is 13.9. The zero-order valence-electron chi connectivity index (χ0n) is 12.2. The third-order valence-corrected chi connectivity index (χ3v) is 4.35. The van der Waals surface area contributed by atoms with E-state index in [4.69, 9.17) is 0 Å². The first-order valence-electron chi connectivity index (χ1n) is 7.70. The molecule has 0 bridgehead atoms. The van der Waals surface area contributed by atoms with Crippen LogP contribution in [0.3, 0.4) is 0 Å². The van der Waals surface area contributed by atoms with Gasteiger partial charge in [0.25, 0.3) is 5.91 Å². The number of nitrogens with zero attached hydrogens (tertiary/aromatic N) is 1. The fourth-order valence-electron chi connectivity index (χ4n) is 3.12. The molecule has 0 radical (unpaired) electrons. The Hall–Kier alpha value is -1.87. The number of hydrogen-bond donors (Lipinski definition) is 1. The van der Waals surface area contributed by atoms with E-state index in [1.165, 1.54) is 0 Å². The maximum absolute atomic E-state index is 12.8. The molecule has 1 atom stereocenters. The molecule has 1 unspecified atom stereocenters. The fourth-order valence-corrected chi connectivity index (χ4v) is 3.12. The summed E-state index contributed by atoms with van der Waals surface area (Å²) in [5, 5.41) is 11.8. The summed E-state index contributed by atoms with van der Waals surface area (Å²) in [4.78, 5) is 14.6. The van der Waals surface area contributed by atoms with E-state index in [-0.39, 0.29) is 18.6 Å². The lowest BCUT2D eigenvalue weighted by atomic mass is 10.1. The number of aliphatic hydroxyl groups is 1. The molecule has 3 rings (SSSR count). The van der Waals surface area contributed by atoms with Gasteiger partial charge in [-0.2, -0.15) is 0 Å². The van der Waals surface area contributed by atoms with Crippen LogP contribution in [-0.2, 0) is 0 Å². The normalized spacial score (nSPS) is 19.5. The number of aliphatic hydroxyl groups excluding tert-OH is 1. The number of likely N-dealkylation sites (tertiary alicyclic amines) is 1. The number of hydrogen-bond acceptors (Lipinski definition) is 2. The van der Waals surface area contributed by atoms with Crippen LogP contribution < -0.4 is 0 Å². The molecule has 2 aromatic carbocycles. The molecule has 2 aromatic rings. The zero-order chi connectivity index (χ0) is 14.7. The van der Waals surface area contributed by atoms with Crippen LogP contribution in [0, 0.1) is 0 Å². The van der Waals surface area contributed by atoms with Crippen LogP contribution in [0.5, 0.6) is 0 Å². The van der Waals surface area contributed by atoms with Gasteiger partial charge < -0.3 is 10.0 Å². The van der Waals surface area contributed by atoms with Gasteiger partial charge in [-0.05, 0) is 35.7 Å². The van der Waals surface area contributed by atoms with Gasteiger partial charge in [-0.15, -0.1) is 0 Å². The van der Waals surface area contributed by atoms with Crippen molar-refractivity contribution in [3.63, 3.8) is 0 Å². The Morgan fingerprint density at radius 1 is 1.10 bits per heavy atom. The van der Waals surface area contributed by atoms with E-state index < -0.39 is 0 Å². The number of rotatable bonds is 2. The Balaban J connectivity index is 1.90. The van der Waals surface area contributed by atoms with Gasteiger partial charge in [-0.3, -0.25) is 4.79 Å². The number of benzene rings is 2. The average Bonchev–Trinajstić information content (AvgIpc) is 2.79. The van der Waals surface area contributed by atoms with Crippen molar-refractivity contribution >= 4 is 16.7 Å². The zero-order valence-corrected chi connectivity index (χ0v) is 12.2. The van der Waals surface area contributed by atoms with Crippen molar-refractivity contribution < 1.29 is 9.90 Å². The third kappa shape index (κ3) is 2.93. The Morgan fingerprint density at radius 2 is 1.90 bits per heavy atom. The predicted octanol–water partition coefficient (Wildman–Crippen LogP) is 3.22. The molecule has 110 valence electrons. The van der Waals surface area contributed by atoms with Gasteiger partial charge in [-0.25, -0.2) is 0 Å². The van der Waals surface area contributed by atoms with Crippen LogP contribution in [0.25, 0.3) is 10.8 Å². The van der Waals surface area contributed by atoms with E-state index in [2.05, 4.69) is 0 Å². The molecule has 3 nitrogen and oxygen atoms in total. The quantitative estimate of drug-likeness (QED) is 0.919. The van der Waals surface area contributed by atoms with Gasteiger partial charge in [-0.1, -0.05) is 43.2 Å². The predicted molar refractivity (Wildman–Crippen MR) is 84.3 cm³/mol. The first-order valence-corrected chi connectivity index (χ1v) is 7.70. The van der Waals surface area contributed by atoms with Crippen LogP contribution in [0.1, 0.15) is 36.0 Å². The van der Waals surface area contributed by atoms with Gasteiger partial charge in [0, 0.05) is 12.1 Å². The van der Waals surface area contributed by atoms with Crippen LogP contribution in [-0.4, -0.2) is 35.1 Å². The highest BCUT2D eigenvalue weighted by Crippen LogP contribution is 2.21. The van der Waals surface area contributed by atoms with Crippen molar-refractivity contribution in [3.8, 4) is 0 Å². The summed E-state index contributed by atoms with van der Waals surface area (Å²) in [6.07, 6.45) is 4.15. The number of fused-ring (bicyclic) bond motifs is 1. The monoisotopic (exact) mass is 283 g/mol. The lowest BCUT2D eigenvalue weighted by molar-refractivity contribution is 0.0600. The Kier molecular flexibility index (Phi) is 4.20. The SMILES string of the molecule is O=C(c1ccc2ccccc2c1)N1CCCCCC1CO. The van der Waals surface area contributed by atoms with E-state index in [1.54, 1.807) is 0 Å².